The molecule has 0 aromatic rings. The molecule has 0 fully saturated rings. The zero-order valence-corrected chi connectivity index (χ0v) is 8.14. The van der Waals surface area contributed by atoms with Crippen molar-refractivity contribution in [3.8, 4) is 0 Å². The Morgan fingerprint density at radius 2 is 1.91 bits per heavy atom. The van der Waals surface area contributed by atoms with Gasteiger partial charge in [-0.05, 0) is 13.8 Å². The minimum atomic E-state index is -0.940. The summed E-state index contributed by atoms with van der Waals surface area (Å²) in [6.07, 6.45) is 0.0770. The first kappa shape index (κ1) is 10.6. The molecular formula is C7H11BrO3. The van der Waals surface area contributed by atoms with Gasteiger partial charge in [0, 0.05) is 6.42 Å². The third kappa shape index (κ3) is 3.51. The lowest BCUT2D eigenvalue weighted by atomic mass is 9.88. The molecule has 0 rings (SSSR count). The first-order valence-electron chi connectivity index (χ1n) is 3.21. The van der Waals surface area contributed by atoms with Gasteiger partial charge in [-0.25, -0.2) is 0 Å². The fourth-order valence-electron chi connectivity index (χ4n) is 0.616. The first-order chi connectivity index (χ1) is 4.90. The molecule has 1 N–H and O–H groups in total. The van der Waals surface area contributed by atoms with Crippen molar-refractivity contribution in [1.82, 2.24) is 0 Å². The summed E-state index contributed by atoms with van der Waals surface area (Å²) >= 11 is 2.97. The van der Waals surface area contributed by atoms with Crippen LogP contribution in [0.25, 0.3) is 0 Å². The first-order valence-corrected chi connectivity index (χ1v) is 4.33. The molecule has 0 bridgehead atoms. The smallest absolute Gasteiger partial charge is 0.309 e. The summed E-state index contributed by atoms with van der Waals surface area (Å²) < 4.78 is 0. The molecule has 0 aliphatic rings. The molecule has 64 valence electrons. The van der Waals surface area contributed by atoms with Crippen molar-refractivity contribution in [3.05, 3.63) is 0 Å². The van der Waals surface area contributed by atoms with E-state index in [1.165, 1.54) is 13.8 Å². The van der Waals surface area contributed by atoms with Crippen LogP contribution in [-0.4, -0.2) is 22.2 Å². The molecule has 3 nitrogen and oxygen atoms in total. The number of carbonyl (C=O) groups excluding carboxylic acids is 1. The standard InChI is InChI=1S/C7H11BrO3/c1-7(2,6(10)11)3-5(9)4-8/h3-4H2,1-2H3,(H,10,11). The molecule has 0 aliphatic carbocycles. The lowest BCUT2D eigenvalue weighted by molar-refractivity contribution is -0.149. The molecule has 0 aromatic carbocycles. The van der Waals surface area contributed by atoms with Gasteiger partial charge < -0.3 is 5.11 Å². The Balaban J connectivity index is 4.12. The number of Topliss-reactive ketones (excluding diaryl/α,β-unsaturated/α-hetero) is 1. The van der Waals surface area contributed by atoms with Crippen LogP contribution in [0.2, 0.25) is 0 Å². The van der Waals surface area contributed by atoms with Gasteiger partial charge in [-0.3, -0.25) is 9.59 Å². The summed E-state index contributed by atoms with van der Waals surface area (Å²) in [7, 11) is 0. The van der Waals surface area contributed by atoms with Crippen LogP contribution < -0.4 is 0 Å². The third-order valence-corrected chi connectivity index (χ3v) is 1.99. The number of alkyl halides is 1. The summed E-state index contributed by atoms with van der Waals surface area (Å²) in [5, 5.41) is 8.84. The SMILES string of the molecule is CC(C)(CC(=O)CBr)C(=O)O. The molecule has 0 aliphatic heterocycles. The lowest BCUT2D eigenvalue weighted by Crippen LogP contribution is -2.27. The van der Waals surface area contributed by atoms with Gasteiger partial charge in [0.15, 0.2) is 0 Å². The second-order valence-electron chi connectivity index (χ2n) is 3.04. The maximum absolute atomic E-state index is 10.8. The van der Waals surface area contributed by atoms with E-state index in [4.69, 9.17) is 5.11 Å². The van der Waals surface area contributed by atoms with Crippen LogP contribution in [0.1, 0.15) is 20.3 Å². The number of carboxylic acids is 1. The molecule has 11 heavy (non-hydrogen) atoms. The lowest BCUT2D eigenvalue weighted by Gasteiger charge is -2.16. The molecule has 0 saturated carbocycles. The molecule has 0 atom stereocenters. The second-order valence-corrected chi connectivity index (χ2v) is 3.60. The van der Waals surface area contributed by atoms with Crippen molar-refractivity contribution in [2.24, 2.45) is 5.41 Å². The van der Waals surface area contributed by atoms with Gasteiger partial charge in [0.2, 0.25) is 0 Å². The number of ketones is 1. The fourth-order valence-corrected chi connectivity index (χ4v) is 0.814. The van der Waals surface area contributed by atoms with E-state index in [1.807, 2.05) is 0 Å². The van der Waals surface area contributed by atoms with Gasteiger partial charge in [-0.1, -0.05) is 15.9 Å². The largest absolute Gasteiger partial charge is 0.481 e. The zero-order chi connectivity index (χ0) is 9.07. The molecular weight excluding hydrogens is 212 g/mol. The molecule has 4 heteroatoms. The topological polar surface area (TPSA) is 54.4 Å². The molecule has 0 heterocycles. The third-order valence-electron chi connectivity index (χ3n) is 1.37. The van der Waals surface area contributed by atoms with Crippen molar-refractivity contribution >= 4 is 27.7 Å². The highest BCUT2D eigenvalue weighted by Crippen LogP contribution is 2.20. The number of aliphatic carboxylic acids is 1. The Morgan fingerprint density at radius 1 is 1.45 bits per heavy atom. The maximum atomic E-state index is 10.8. The van der Waals surface area contributed by atoms with E-state index < -0.39 is 11.4 Å². The second kappa shape index (κ2) is 3.85. The van der Waals surface area contributed by atoms with Crippen LogP contribution in [0.5, 0.6) is 0 Å². The molecule has 0 spiro atoms. The van der Waals surface area contributed by atoms with Gasteiger partial charge in [-0.2, -0.15) is 0 Å². The summed E-state index contributed by atoms with van der Waals surface area (Å²) in [6.45, 7) is 3.08. The normalized spacial score (nSPS) is 11.2. The summed E-state index contributed by atoms with van der Waals surface area (Å²) in [5.74, 6) is -1.02. The van der Waals surface area contributed by atoms with E-state index in [1.54, 1.807) is 0 Å². The quantitative estimate of drug-likeness (QED) is 0.734. The number of hydrogen-bond donors (Lipinski definition) is 1. The van der Waals surface area contributed by atoms with Crippen LogP contribution in [0, 0.1) is 5.41 Å². The minimum Gasteiger partial charge on any atom is -0.481 e. The highest BCUT2D eigenvalue weighted by molar-refractivity contribution is 9.09. The van der Waals surface area contributed by atoms with Crippen LogP contribution in [0.4, 0.5) is 0 Å². The van der Waals surface area contributed by atoms with Gasteiger partial charge in [0.25, 0.3) is 0 Å². The van der Waals surface area contributed by atoms with Crippen molar-refractivity contribution < 1.29 is 14.7 Å². The van der Waals surface area contributed by atoms with Gasteiger partial charge in [0.05, 0.1) is 10.7 Å². The average molecular weight is 223 g/mol. The Labute approximate surface area is 73.9 Å². The highest BCUT2D eigenvalue weighted by atomic mass is 79.9. The van der Waals surface area contributed by atoms with E-state index in [9.17, 15) is 9.59 Å². The average Bonchev–Trinajstić information content (AvgIpc) is 1.86. The Morgan fingerprint density at radius 3 is 2.18 bits per heavy atom. The van der Waals surface area contributed by atoms with Crippen LogP contribution in [0.15, 0.2) is 0 Å². The minimum absolute atomic E-state index is 0.0770. The number of carbonyl (C=O) groups is 2. The number of hydrogen-bond acceptors (Lipinski definition) is 2. The molecule has 0 amide bonds. The van der Waals surface area contributed by atoms with E-state index in [0.29, 0.717) is 0 Å². The molecule has 0 radical (unpaired) electrons. The Kier molecular flexibility index (Phi) is 3.72. The summed E-state index contributed by atoms with van der Waals surface area (Å²) in [4.78, 5) is 21.3. The van der Waals surface area contributed by atoms with Crippen molar-refractivity contribution in [2.75, 3.05) is 5.33 Å². The predicted molar refractivity (Wildman–Crippen MR) is 44.8 cm³/mol. The number of halogens is 1. The summed E-state index contributed by atoms with van der Waals surface area (Å²) in [5.41, 5.74) is -0.940. The number of rotatable bonds is 4. The van der Waals surface area contributed by atoms with Gasteiger partial charge in [-0.15, -0.1) is 0 Å². The Hall–Kier alpha value is -0.380. The van der Waals surface area contributed by atoms with Crippen LogP contribution in [-0.2, 0) is 9.59 Å². The van der Waals surface area contributed by atoms with E-state index in [-0.39, 0.29) is 17.5 Å². The van der Waals surface area contributed by atoms with Gasteiger partial charge >= 0.3 is 5.97 Å². The van der Waals surface area contributed by atoms with Gasteiger partial charge in [0.1, 0.15) is 5.78 Å². The van der Waals surface area contributed by atoms with Crippen molar-refractivity contribution in [1.29, 1.82) is 0 Å². The van der Waals surface area contributed by atoms with E-state index in [0.717, 1.165) is 0 Å². The molecule has 0 unspecified atom stereocenters. The summed E-state index contributed by atoms with van der Waals surface area (Å²) in [6, 6.07) is 0. The van der Waals surface area contributed by atoms with Crippen LogP contribution in [0.3, 0.4) is 0 Å². The maximum Gasteiger partial charge on any atom is 0.309 e. The van der Waals surface area contributed by atoms with E-state index in [2.05, 4.69) is 15.9 Å². The Bertz CT molecular complexity index is 175. The fraction of sp³-hybridized carbons (Fsp3) is 0.714. The molecule has 0 aromatic heterocycles. The molecule has 0 saturated heterocycles. The van der Waals surface area contributed by atoms with Crippen LogP contribution >= 0.6 is 15.9 Å². The monoisotopic (exact) mass is 222 g/mol. The van der Waals surface area contributed by atoms with Crippen molar-refractivity contribution in [2.45, 2.75) is 20.3 Å². The predicted octanol–water partition coefficient (Wildman–Crippen LogP) is 1.45. The number of carboxylic acid groups (broad SMARTS) is 1. The zero-order valence-electron chi connectivity index (χ0n) is 6.56. The highest BCUT2D eigenvalue weighted by Gasteiger charge is 2.29. The van der Waals surface area contributed by atoms with E-state index >= 15 is 0 Å². The van der Waals surface area contributed by atoms with Crippen molar-refractivity contribution in [3.63, 3.8) is 0 Å².